The Labute approximate surface area is 125 Å². The molecule has 0 aliphatic carbocycles. The van der Waals surface area contributed by atoms with E-state index < -0.39 is 11.9 Å². The largest absolute Gasteiger partial charge is 0.434 e. The van der Waals surface area contributed by atoms with Gasteiger partial charge in [-0.25, -0.2) is 4.98 Å². The minimum Gasteiger partial charge on any atom is -0.370 e. The lowest BCUT2D eigenvalue weighted by atomic mass is 10.2. The standard InChI is InChI=1S/C13H19F3N4S/c14-13(15,16)10-9-21-11(19-10)5-6-18-12(17)20-7-3-1-2-4-8-20/h9H,1-8H2,(H2,17,18). The van der Waals surface area contributed by atoms with E-state index in [1.807, 2.05) is 0 Å². The normalized spacial score (nSPS) is 17.9. The third-order valence-corrected chi connectivity index (χ3v) is 4.28. The highest BCUT2D eigenvalue weighted by Gasteiger charge is 2.33. The third kappa shape index (κ3) is 4.87. The quantitative estimate of drug-likeness (QED) is 0.688. The van der Waals surface area contributed by atoms with Gasteiger partial charge in [-0.05, 0) is 12.8 Å². The Hall–Kier alpha value is -1.31. The first-order chi connectivity index (χ1) is 9.97. The van der Waals surface area contributed by atoms with Crippen molar-refractivity contribution < 1.29 is 13.2 Å². The van der Waals surface area contributed by atoms with E-state index >= 15 is 0 Å². The maximum atomic E-state index is 12.4. The molecule has 118 valence electrons. The highest BCUT2D eigenvalue weighted by Crippen LogP contribution is 2.30. The Balaban J connectivity index is 1.84. The molecule has 8 heteroatoms. The first-order valence-electron chi connectivity index (χ1n) is 7.03. The molecule has 1 aliphatic heterocycles. The van der Waals surface area contributed by atoms with Crippen LogP contribution >= 0.6 is 11.3 Å². The molecule has 0 amide bonds. The van der Waals surface area contributed by atoms with Crippen LogP contribution in [0.25, 0.3) is 0 Å². The van der Waals surface area contributed by atoms with E-state index in [4.69, 9.17) is 5.73 Å². The SMILES string of the molecule is NC(=NCCc1nc(C(F)(F)F)cs1)N1CCCCCC1. The second-order valence-electron chi connectivity index (χ2n) is 5.02. The zero-order valence-electron chi connectivity index (χ0n) is 11.7. The van der Waals surface area contributed by atoms with Gasteiger partial charge in [0, 0.05) is 31.4 Å². The second kappa shape index (κ2) is 7.11. The van der Waals surface area contributed by atoms with Crippen LogP contribution in [0.5, 0.6) is 0 Å². The van der Waals surface area contributed by atoms with E-state index in [1.165, 1.54) is 12.8 Å². The van der Waals surface area contributed by atoms with E-state index in [0.717, 1.165) is 42.6 Å². The van der Waals surface area contributed by atoms with Gasteiger partial charge in [0.15, 0.2) is 11.7 Å². The summed E-state index contributed by atoms with van der Waals surface area (Å²) in [4.78, 5) is 9.89. The minimum absolute atomic E-state index is 0.368. The lowest BCUT2D eigenvalue weighted by Gasteiger charge is -2.20. The Morgan fingerprint density at radius 2 is 1.95 bits per heavy atom. The van der Waals surface area contributed by atoms with Crippen molar-refractivity contribution in [3.05, 3.63) is 16.1 Å². The first-order valence-corrected chi connectivity index (χ1v) is 7.91. The van der Waals surface area contributed by atoms with Crippen molar-refractivity contribution in [3.63, 3.8) is 0 Å². The molecule has 21 heavy (non-hydrogen) atoms. The Kier molecular flexibility index (Phi) is 5.44. The summed E-state index contributed by atoms with van der Waals surface area (Å²) in [5, 5.41) is 1.48. The number of aliphatic imine (C=N–C) groups is 1. The van der Waals surface area contributed by atoms with E-state index in [-0.39, 0.29) is 0 Å². The fraction of sp³-hybridized carbons (Fsp3) is 0.692. The highest BCUT2D eigenvalue weighted by molar-refractivity contribution is 7.09. The predicted molar refractivity (Wildman–Crippen MR) is 77.4 cm³/mol. The molecule has 0 unspecified atom stereocenters. The molecule has 0 saturated carbocycles. The molecule has 0 atom stereocenters. The number of hydrogen-bond donors (Lipinski definition) is 1. The Morgan fingerprint density at radius 3 is 2.52 bits per heavy atom. The molecule has 1 aliphatic rings. The van der Waals surface area contributed by atoms with Crippen LogP contribution in [-0.4, -0.2) is 35.5 Å². The van der Waals surface area contributed by atoms with Crippen molar-refractivity contribution in [2.24, 2.45) is 10.7 Å². The van der Waals surface area contributed by atoms with Crippen molar-refractivity contribution in [2.45, 2.75) is 38.3 Å². The molecule has 2 N–H and O–H groups in total. The van der Waals surface area contributed by atoms with Gasteiger partial charge < -0.3 is 10.6 Å². The Bertz CT molecular complexity index is 476. The molecule has 1 fully saturated rings. The summed E-state index contributed by atoms with van der Waals surface area (Å²) in [7, 11) is 0. The molecule has 2 rings (SSSR count). The topological polar surface area (TPSA) is 54.5 Å². The van der Waals surface area contributed by atoms with Gasteiger partial charge in [0.25, 0.3) is 0 Å². The fourth-order valence-corrected chi connectivity index (χ4v) is 3.02. The van der Waals surface area contributed by atoms with Gasteiger partial charge in [-0.1, -0.05) is 12.8 Å². The number of likely N-dealkylation sites (tertiary alicyclic amines) is 1. The minimum atomic E-state index is -4.37. The zero-order chi connectivity index (χ0) is 15.3. The molecular weight excluding hydrogens is 301 g/mol. The number of nitrogens with zero attached hydrogens (tertiary/aromatic N) is 3. The van der Waals surface area contributed by atoms with Crippen LogP contribution in [-0.2, 0) is 12.6 Å². The van der Waals surface area contributed by atoms with E-state index in [9.17, 15) is 13.2 Å². The number of halogens is 3. The number of rotatable bonds is 3. The maximum absolute atomic E-state index is 12.4. The van der Waals surface area contributed by atoms with E-state index in [2.05, 4.69) is 14.9 Å². The average molecular weight is 320 g/mol. The Morgan fingerprint density at radius 1 is 1.29 bits per heavy atom. The van der Waals surface area contributed by atoms with Crippen molar-refractivity contribution in [3.8, 4) is 0 Å². The number of guanidine groups is 1. The monoisotopic (exact) mass is 320 g/mol. The van der Waals surface area contributed by atoms with Crippen LogP contribution in [0.3, 0.4) is 0 Å². The van der Waals surface area contributed by atoms with Crippen LogP contribution < -0.4 is 5.73 Å². The van der Waals surface area contributed by atoms with Gasteiger partial charge >= 0.3 is 6.18 Å². The molecular formula is C13H19F3N4S. The summed E-state index contributed by atoms with van der Waals surface area (Å²) in [5.41, 5.74) is 5.11. The molecule has 0 bridgehead atoms. The summed E-state index contributed by atoms with van der Waals surface area (Å²) in [6, 6.07) is 0. The van der Waals surface area contributed by atoms with Gasteiger partial charge in [-0.2, -0.15) is 13.2 Å². The number of alkyl halides is 3. The molecule has 2 heterocycles. The van der Waals surface area contributed by atoms with E-state index in [1.54, 1.807) is 0 Å². The van der Waals surface area contributed by atoms with Gasteiger partial charge in [0.1, 0.15) is 0 Å². The molecule has 4 nitrogen and oxygen atoms in total. The van der Waals surface area contributed by atoms with Crippen molar-refractivity contribution in [1.82, 2.24) is 9.88 Å². The second-order valence-corrected chi connectivity index (χ2v) is 5.96. The summed E-state index contributed by atoms with van der Waals surface area (Å²) in [6.45, 7) is 2.18. The summed E-state index contributed by atoms with van der Waals surface area (Å²) in [5.74, 6) is 0.490. The molecule has 1 saturated heterocycles. The lowest BCUT2D eigenvalue weighted by Crippen LogP contribution is -2.38. The van der Waals surface area contributed by atoms with Crippen LogP contribution in [0.4, 0.5) is 13.2 Å². The smallest absolute Gasteiger partial charge is 0.370 e. The average Bonchev–Trinajstić information content (AvgIpc) is 2.73. The van der Waals surface area contributed by atoms with Crippen LogP contribution in [0, 0.1) is 0 Å². The van der Waals surface area contributed by atoms with Gasteiger partial charge in [-0.3, -0.25) is 4.99 Å². The highest BCUT2D eigenvalue weighted by atomic mass is 32.1. The van der Waals surface area contributed by atoms with Crippen LogP contribution in [0.1, 0.15) is 36.4 Å². The third-order valence-electron chi connectivity index (χ3n) is 3.37. The molecule has 1 aromatic heterocycles. The van der Waals surface area contributed by atoms with Crippen LogP contribution in [0.15, 0.2) is 10.4 Å². The summed E-state index contributed by atoms with van der Waals surface area (Å²) >= 11 is 1.01. The summed E-state index contributed by atoms with van der Waals surface area (Å²) < 4.78 is 37.3. The molecule has 0 spiro atoms. The number of hydrogen-bond acceptors (Lipinski definition) is 3. The lowest BCUT2D eigenvalue weighted by molar-refractivity contribution is -0.140. The van der Waals surface area contributed by atoms with Crippen molar-refractivity contribution in [1.29, 1.82) is 0 Å². The van der Waals surface area contributed by atoms with Crippen molar-refractivity contribution in [2.75, 3.05) is 19.6 Å². The zero-order valence-corrected chi connectivity index (χ0v) is 12.5. The van der Waals surface area contributed by atoms with Crippen LogP contribution in [0.2, 0.25) is 0 Å². The first kappa shape index (κ1) is 16.1. The van der Waals surface area contributed by atoms with Gasteiger partial charge in [0.2, 0.25) is 0 Å². The maximum Gasteiger partial charge on any atom is 0.434 e. The van der Waals surface area contributed by atoms with E-state index in [0.29, 0.717) is 23.9 Å². The molecule has 1 aromatic rings. The summed E-state index contributed by atoms with van der Waals surface area (Å²) in [6.07, 6.45) is 0.653. The van der Waals surface area contributed by atoms with Gasteiger partial charge in [0.05, 0.1) is 5.01 Å². The number of thiazole rings is 1. The van der Waals surface area contributed by atoms with Crippen molar-refractivity contribution >= 4 is 17.3 Å². The van der Waals surface area contributed by atoms with Gasteiger partial charge in [-0.15, -0.1) is 11.3 Å². The number of nitrogens with two attached hydrogens (primary N) is 1. The predicted octanol–water partition coefficient (Wildman–Crippen LogP) is 2.90. The fourth-order valence-electron chi connectivity index (χ4n) is 2.22. The number of aromatic nitrogens is 1. The molecule has 0 radical (unpaired) electrons. The molecule has 0 aromatic carbocycles.